The quantitative estimate of drug-likeness (QED) is 0.573. The molecule has 0 bridgehead atoms. The van der Waals surface area contributed by atoms with Crippen LogP contribution < -0.4 is 10.2 Å². The Bertz CT molecular complexity index is 896. The third-order valence-corrected chi connectivity index (χ3v) is 3.44. The fraction of sp³-hybridized carbons (Fsp3) is 0.0526. The van der Waals surface area contributed by atoms with Crippen molar-refractivity contribution in [1.82, 2.24) is 5.43 Å². The van der Waals surface area contributed by atoms with Crippen LogP contribution in [0.2, 0.25) is 0 Å². The molecule has 0 fully saturated rings. The highest BCUT2D eigenvalue weighted by molar-refractivity contribution is 6.01. The second-order valence-electron chi connectivity index (χ2n) is 4.99. The Kier molecular flexibility index (Phi) is 4.72. The smallest absolute Gasteiger partial charge is 0.275 e. The summed E-state index contributed by atoms with van der Waals surface area (Å²) in [5.74, 6) is 0.886. The van der Waals surface area contributed by atoms with Gasteiger partial charge in [-0.25, -0.2) is 5.43 Å². The number of ether oxygens (including phenoxy) is 1. The highest BCUT2D eigenvalue weighted by Crippen LogP contribution is 2.25. The van der Waals surface area contributed by atoms with Crippen LogP contribution in [0.1, 0.15) is 16.1 Å². The number of allylic oxidation sites excluding steroid dienone is 1. The molecule has 3 aromatic rings. The zero-order valence-corrected chi connectivity index (χ0v) is 13.1. The zero-order valence-electron chi connectivity index (χ0n) is 13.1. The van der Waals surface area contributed by atoms with Crippen molar-refractivity contribution < 1.29 is 13.9 Å². The van der Waals surface area contributed by atoms with Gasteiger partial charge in [0.1, 0.15) is 11.5 Å². The minimum Gasteiger partial charge on any atom is -0.496 e. The molecule has 0 saturated carbocycles. The molecule has 0 saturated heterocycles. The number of nitrogens with one attached hydrogen (secondary N) is 1. The largest absolute Gasteiger partial charge is 0.496 e. The highest BCUT2D eigenvalue weighted by atomic mass is 16.5. The maximum atomic E-state index is 12.3. The number of fused-ring (bicyclic) bond motifs is 1. The monoisotopic (exact) mass is 320 g/mol. The van der Waals surface area contributed by atoms with Gasteiger partial charge in [0.05, 0.1) is 18.9 Å². The van der Waals surface area contributed by atoms with Crippen LogP contribution in [0.3, 0.4) is 0 Å². The van der Waals surface area contributed by atoms with Crippen LogP contribution in [-0.2, 0) is 0 Å². The summed E-state index contributed by atoms with van der Waals surface area (Å²) in [5.41, 5.74) is 2.92. The maximum Gasteiger partial charge on any atom is 0.275 e. The number of hydrazone groups is 1. The average molecular weight is 320 g/mol. The molecule has 0 aliphatic rings. The molecular weight excluding hydrogens is 304 g/mol. The predicted octanol–water partition coefficient (Wildman–Crippen LogP) is 3.87. The number of carbonyl (C=O) groups excluding carboxylic acids is 1. The lowest BCUT2D eigenvalue weighted by Crippen LogP contribution is -2.18. The summed E-state index contributed by atoms with van der Waals surface area (Å²) >= 11 is 0. The van der Waals surface area contributed by atoms with Crippen LogP contribution in [0.15, 0.2) is 70.4 Å². The van der Waals surface area contributed by atoms with Crippen molar-refractivity contribution in [3.8, 4) is 5.75 Å². The van der Waals surface area contributed by atoms with E-state index in [9.17, 15) is 4.79 Å². The van der Waals surface area contributed by atoms with E-state index in [0.717, 1.165) is 10.8 Å². The van der Waals surface area contributed by atoms with Gasteiger partial charge in [-0.15, -0.1) is 0 Å². The van der Waals surface area contributed by atoms with Crippen molar-refractivity contribution in [2.45, 2.75) is 0 Å². The lowest BCUT2D eigenvalue weighted by Gasteiger charge is -2.09. The van der Waals surface area contributed by atoms with E-state index in [0.29, 0.717) is 17.1 Å². The van der Waals surface area contributed by atoms with Gasteiger partial charge < -0.3 is 9.15 Å². The van der Waals surface area contributed by atoms with Gasteiger partial charge in [-0.1, -0.05) is 24.3 Å². The molecule has 0 unspecified atom stereocenters. The molecule has 120 valence electrons. The number of rotatable bonds is 5. The molecule has 1 heterocycles. The minimum absolute atomic E-state index is 0.333. The van der Waals surface area contributed by atoms with Crippen LogP contribution in [0.5, 0.6) is 5.75 Å². The van der Waals surface area contributed by atoms with Gasteiger partial charge in [-0.3, -0.25) is 4.79 Å². The molecule has 1 amide bonds. The lowest BCUT2D eigenvalue weighted by molar-refractivity contribution is 0.0952. The van der Waals surface area contributed by atoms with Gasteiger partial charge in [-0.05, 0) is 47.2 Å². The summed E-state index contributed by atoms with van der Waals surface area (Å²) in [6.45, 7) is 0. The number of carbonyl (C=O) groups is 1. The number of methoxy groups -OCH3 is 1. The summed E-state index contributed by atoms with van der Waals surface area (Å²) in [6, 6.07) is 15.0. The van der Waals surface area contributed by atoms with Crippen LogP contribution in [0.25, 0.3) is 16.8 Å². The lowest BCUT2D eigenvalue weighted by atomic mass is 10.1. The molecule has 0 atom stereocenters. The first kappa shape index (κ1) is 15.6. The summed E-state index contributed by atoms with van der Waals surface area (Å²) in [7, 11) is 1.54. The normalized spacial score (nSPS) is 11.4. The Labute approximate surface area is 139 Å². The van der Waals surface area contributed by atoms with E-state index in [1.165, 1.54) is 13.3 Å². The van der Waals surface area contributed by atoms with Crippen molar-refractivity contribution in [2.24, 2.45) is 5.10 Å². The summed E-state index contributed by atoms with van der Waals surface area (Å²) < 4.78 is 10.5. The zero-order chi connectivity index (χ0) is 16.8. The minimum atomic E-state index is -0.333. The third kappa shape index (κ3) is 3.52. The second kappa shape index (κ2) is 7.28. The fourth-order valence-electron chi connectivity index (χ4n) is 2.29. The number of amides is 1. The molecule has 5 nitrogen and oxygen atoms in total. The first-order chi connectivity index (χ1) is 11.8. The Hall–Kier alpha value is -3.34. The Morgan fingerprint density at radius 1 is 1.17 bits per heavy atom. The fourth-order valence-corrected chi connectivity index (χ4v) is 2.29. The summed E-state index contributed by atoms with van der Waals surface area (Å²) in [5, 5.41) is 5.87. The molecule has 1 aromatic heterocycles. The number of hydrogen-bond donors (Lipinski definition) is 1. The molecule has 0 aliphatic carbocycles. The second-order valence-corrected chi connectivity index (χ2v) is 4.99. The maximum absolute atomic E-state index is 12.3. The van der Waals surface area contributed by atoms with E-state index in [2.05, 4.69) is 10.5 Å². The topological polar surface area (TPSA) is 63.8 Å². The van der Waals surface area contributed by atoms with Gasteiger partial charge >= 0.3 is 0 Å². The van der Waals surface area contributed by atoms with E-state index in [1.807, 2.05) is 36.4 Å². The highest BCUT2D eigenvalue weighted by Gasteiger charge is 2.12. The predicted molar refractivity (Wildman–Crippen MR) is 94.2 cm³/mol. The molecule has 3 rings (SSSR count). The van der Waals surface area contributed by atoms with Crippen molar-refractivity contribution in [3.05, 3.63) is 72.2 Å². The first-order valence-corrected chi connectivity index (χ1v) is 7.38. The van der Waals surface area contributed by atoms with E-state index in [1.54, 1.807) is 30.5 Å². The Morgan fingerprint density at radius 2 is 1.96 bits per heavy atom. The first-order valence-electron chi connectivity index (χ1n) is 7.38. The van der Waals surface area contributed by atoms with Crippen LogP contribution in [0, 0.1) is 0 Å². The van der Waals surface area contributed by atoms with Crippen LogP contribution >= 0.6 is 0 Å². The number of furan rings is 1. The van der Waals surface area contributed by atoms with Crippen LogP contribution in [0.4, 0.5) is 0 Å². The van der Waals surface area contributed by atoms with Crippen molar-refractivity contribution in [1.29, 1.82) is 0 Å². The molecule has 0 aliphatic heterocycles. The van der Waals surface area contributed by atoms with Crippen molar-refractivity contribution >= 4 is 29.0 Å². The van der Waals surface area contributed by atoms with Gasteiger partial charge in [0.15, 0.2) is 0 Å². The molecule has 0 spiro atoms. The Morgan fingerprint density at radius 3 is 2.67 bits per heavy atom. The molecular formula is C19H16N2O3. The summed E-state index contributed by atoms with van der Waals surface area (Å²) in [4.78, 5) is 12.3. The van der Waals surface area contributed by atoms with Gasteiger partial charge in [0, 0.05) is 6.21 Å². The van der Waals surface area contributed by atoms with E-state index >= 15 is 0 Å². The molecule has 2 aromatic carbocycles. The molecule has 24 heavy (non-hydrogen) atoms. The van der Waals surface area contributed by atoms with E-state index in [4.69, 9.17) is 9.15 Å². The Balaban J connectivity index is 1.73. The number of hydrogen-bond acceptors (Lipinski definition) is 4. The van der Waals surface area contributed by atoms with Crippen LogP contribution in [-0.4, -0.2) is 19.2 Å². The number of nitrogens with zero attached hydrogens (tertiary/aromatic N) is 1. The molecule has 5 heteroatoms. The van der Waals surface area contributed by atoms with E-state index in [-0.39, 0.29) is 5.91 Å². The average Bonchev–Trinajstić information content (AvgIpc) is 3.13. The number of benzene rings is 2. The van der Waals surface area contributed by atoms with E-state index < -0.39 is 0 Å². The third-order valence-electron chi connectivity index (χ3n) is 3.44. The van der Waals surface area contributed by atoms with Gasteiger partial charge in [0.25, 0.3) is 5.91 Å². The molecule has 1 N–H and O–H groups in total. The van der Waals surface area contributed by atoms with Crippen molar-refractivity contribution in [2.75, 3.05) is 7.11 Å². The van der Waals surface area contributed by atoms with Gasteiger partial charge in [-0.2, -0.15) is 5.10 Å². The van der Waals surface area contributed by atoms with Gasteiger partial charge in [0.2, 0.25) is 0 Å². The van der Waals surface area contributed by atoms with Crippen molar-refractivity contribution in [3.63, 3.8) is 0 Å². The standard InChI is InChI=1S/C19H16N2O3/c1-23-18-13-15-7-3-2-6-14(15)12-17(18)19(22)21-20-10-4-8-16-9-5-11-24-16/h2-13H,1H3,(H,21,22). The molecule has 0 radical (unpaired) electrons. The summed E-state index contributed by atoms with van der Waals surface area (Å²) in [6.07, 6.45) is 6.49. The SMILES string of the molecule is COc1cc2ccccc2cc1C(=O)NN=CC=Cc1ccco1.